The van der Waals surface area contributed by atoms with E-state index in [0.717, 1.165) is 12.8 Å². The number of aryl methyl sites for hydroxylation is 1. The largest absolute Gasteiger partial charge is 0.355 e. The van der Waals surface area contributed by atoms with Gasteiger partial charge in [0.2, 0.25) is 5.91 Å². The second-order valence-corrected chi connectivity index (χ2v) is 4.33. The van der Waals surface area contributed by atoms with Gasteiger partial charge in [0.25, 0.3) is 11.3 Å². The summed E-state index contributed by atoms with van der Waals surface area (Å²) in [4.78, 5) is 27.7. The fourth-order valence-electron chi connectivity index (χ4n) is 1.74. The standard InChI is InChI=1S/C12H16N4O3/c1-3-4-5-13-9(17)6-16-7-14-11-10(12(16)18)8(2)15-19-11/h7H,3-6H2,1-2H3,(H,13,17). The zero-order valence-electron chi connectivity index (χ0n) is 11.0. The molecule has 2 aromatic rings. The van der Waals surface area contributed by atoms with E-state index in [1.807, 2.05) is 6.92 Å². The number of nitrogens with one attached hydrogen (secondary N) is 1. The van der Waals surface area contributed by atoms with Crippen LogP contribution in [-0.4, -0.2) is 27.2 Å². The summed E-state index contributed by atoms with van der Waals surface area (Å²) in [5.41, 5.74) is 0.368. The monoisotopic (exact) mass is 264 g/mol. The Labute approximate surface area is 109 Å². The summed E-state index contributed by atoms with van der Waals surface area (Å²) in [6, 6.07) is 0. The van der Waals surface area contributed by atoms with Crippen LogP contribution in [0.25, 0.3) is 11.1 Å². The first-order valence-corrected chi connectivity index (χ1v) is 6.21. The van der Waals surface area contributed by atoms with Crippen molar-refractivity contribution < 1.29 is 9.32 Å². The molecule has 2 aromatic heterocycles. The van der Waals surface area contributed by atoms with Gasteiger partial charge in [0, 0.05) is 6.54 Å². The van der Waals surface area contributed by atoms with E-state index in [9.17, 15) is 9.59 Å². The molecule has 0 radical (unpaired) electrons. The number of unbranched alkanes of at least 4 members (excludes halogenated alkanes) is 1. The summed E-state index contributed by atoms with van der Waals surface area (Å²) in [5.74, 6) is -0.203. The molecule has 2 heterocycles. The van der Waals surface area contributed by atoms with Gasteiger partial charge in [-0.05, 0) is 13.3 Å². The van der Waals surface area contributed by atoms with Gasteiger partial charge in [0.05, 0.1) is 5.69 Å². The topological polar surface area (TPSA) is 90.0 Å². The highest BCUT2D eigenvalue weighted by molar-refractivity contribution is 5.77. The summed E-state index contributed by atoms with van der Waals surface area (Å²) in [6.45, 7) is 4.28. The van der Waals surface area contributed by atoms with Crippen LogP contribution in [0.5, 0.6) is 0 Å². The number of aromatic nitrogens is 3. The van der Waals surface area contributed by atoms with E-state index >= 15 is 0 Å². The van der Waals surface area contributed by atoms with Crippen molar-refractivity contribution in [1.82, 2.24) is 20.0 Å². The van der Waals surface area contributed by atoms with Gasteiger partial charge in [-0.25, -0.2) is 4.98 Å². The molecule has 0 aromatic carbocycles. The third-order valence-corrected chi connectivity index (χ3v) is 2.80. The molecular weight excluding hydrogens is 248 g/mol. The van der Waals surface area contributed by atoms with Gasteiger partial charge in [-0.1, -0.05) is 18.5 Å². The fourth-order valence-corrected chi connectivity index (χ4v) is 1.74. The summed E-state index contributed by atoms with van der Waals surface area (Å²) >= 11 is 0. The van der Waals surface area contributed by atoms with E-state index in [1.165, 1.54) is 10.9 Å². The van der Waals surface area contributed by atoms with Crippen LogP contribution in [0, 0.1) is 6.92 Å². The van der Waals surface area contributed by atoms with E-state index < -0.39 is 0 Å². The van der Waals surface area contributed by atoms with Gasteiger partial charge >= 0.3 is 0 Å². The van der Waals surface area contributed by atoms with Crippen molar-refractivity contribution in [3.63, 3.8) is 0 Å². The molecule has 0 saturated carbocycles. The van der Waals surface area contributed by atoms with Gasteiger partial charge in [0.15, 0.2) is 0 Å². The number of carbonyl (C=O) groups is 1. The van der Waals surface area contributed by atoms with E-state index in [-0.39, 0.29) is 23.7 Å². The minimum Gasteiger partial charge on any atom is -0.355 e. The maximum atomic E-state index is 12.1. The lowest BCUT2D eigenvalue weighted by atomic mass is 10.3. The summed E-state index contributed by atoms with van der Waals surface area (Å²) in [6.07, 6.45) is 3.23. The number of amides is 1. The second kappa shape index (κ2) is 5.64. The molecule has 0 spiro atoms. The Bertz CT molecular complexity index is 644. The third-order valence-electron chi connectivity index (χ3n) is 2.80. The molecule has 0 unspecified atom stereocenters. The van der Waals surface area contributed by atoms with Crippen LogP contribution in [0.3, 0.4) is 0 Å². The Kier molecular flexibility index (Phi) is 3.94. The van der Waals surface area contributed by atoms with Crippen molar-refractivity contribution in [2.24, 2.45) is 0 Å². The third kappa shape index (κ3) is 2.81. The molecule has 0 fully saturated rings. The van der Waals surface area contributed by atoms with E-state index in [4.69, 9.17) is 4.52 Å². The lowest BCUT2D eigenvalue weighted by Crippen LogP contribution is -2.32. The first kappa shape index (κ1) is 13.3. The SMILES string of the molecule is CCCCNC(=O)Cn1cnc2onc(C)c2c1=O. The number of hydrogen-bond donors (Lipinski definition) is 1. The van der Waals surface area contributed by atoms with E-state index in [0.29, 0.717) is 17.6 Å². The molecule has 7 heteroatoms. The number of fused-ring (bicyclic) bond motifs is 1. The average Bonchev–Trinajstić information content (AvgIpc) is 2.76. The molecule has 0 saturated heterocycles. The van der Waals surface area contributed by atoms with Gasteiger partial charge in [-0.2, -0.15) is 0 Å². The zero-order valence-corrected chi connectivity index (χ0v) is 11.0. The molecule has 102 valence electrons. The average molecular weight is 264 g/mol. The molecule has 0 aliphatic rings. The number of rotatable bonds is 5. The molecule has 7 nitrogen and oxygen atoms in total. The van der Waals surface area contributed by atoms with Crippen molar-refractivity contribution in [3.8, 4) is 0 Å². The summed E-state index contributed by atoms with van der Waals surface area (Å²) < 4.78 is 6.15. The molecule has 0 bridgehead atoms. The minimum atomic E-state index is -0.311. The van der Waals surface area contributed by atoms with Gasteiger partial charge < -0.3 is 9.84 Å². The Morgan fingerprint density at radius 3 is 3.05 bits per heavy atom. The van der Waals surface area contributed by atoms with Crippen LogP contribution < -0.4 is 10.9 Å². The van der Waals surface area contributed by atoms with Crippen molar-refractivity contribution in [2.45, 2.75) is 33.2 Å². The fraction of sp³-hybridized carbons (Fsp3) is 0.500. The predicted octanol–water partition coefficient (Wildman–Crippen LogP) is 0.609. The van der Waals surface area contributed by atoms with Gasteiger partial charge in [0.1, 0.15) is 18.3 Å². The quantitative estimate of drug-likeness (QED) is 0.799. The minimum absolute atomic E-state index is 0.0455. The Balaban J connectivity index is 2.17. The van der Waals surface area contributed by atoms with E-state index in [1.54, 1.807) is 6.92 Å². The van der Waals surface area contributed by atoms with Crippen LogP contribution in [-0.2, 0) is 11.3 Å². The molecule has 0 aliphatic carbocycles. The van der Waals surface area contributed by atoms with Crippen molar-refractivity contribution >= 4 is 17.0 Å². The van der Waals surface area contributed by atoms with Crippen molar-refractivity contribution in [1.29, 1.82) is 0 Å². The molecule has 1 N–H and O–H groups in total. The molecule has 0 atom stereocenters. The highest BCUT2D eigenvalue weighted by Gasteiger charge is 2.13. The Morgan fingerprint density at radius 1 is 1.53 bits per heavy atom. The van der Waals surface area contributed by atoms with Crippen LogP contribution in [0.4, 0.5) is 0 Å². The first-order chi connectivity index (χ1) is 9.13. The lowest BCUT2D eigenvalue weighted by Gasteiger charge is -2.06. The first-order valence-electron chi connectivity index (χ1n) is 6.21. The smallest absolute Gasteiger partial charge is 0.267 e. The van der Waals surface area contributed by atoms with Crippen molar-refractivity contribution in [3.05, 3.63) is 22.4 Å². The number of nitrogens with zero attached hydrogens (tertiary/aromatic N) is 3. The molecular formula is C12H16N4O3. The second-order valence-electron chi connectivity index (χ2n) is 4.33. The number of hydrogen-bond acceptors (Lipinski definition) is 5. The summed E-state index contributed by atoms with van der Waals surface area (Å²) in [7, 11) is 0. The Hall–Kier alpha value is -2.18. The highest BCUT2D eigenvalue weighted by Crippen LogP contribution is 2.09. The molecule has 19 heavy (non-hydrogen) atoms. The maximum Gasteiger partial charge on any atom is 0.267 e. The lowest BCUT2D eigenvalue weighted by molar-refractivity contribution is -0.121. The van der Waals surface area contributed by atoms with Crippen LogP contribution >= 0.6 is 0 Å². The highest BCUT2D eigenvalue weighted by atomic mass is 16.5. The van der Waals surface area contributed by atoms with Gasteiger partial charge in [-0.3, -0.25) is 14.2 Å². The normalized spacial score (nSPS) is 10.8. The molecule has 0 aliphatic heterocycles. The molecule has 1 amide bonds. The van der Waals surface area contributed by atoms with Gasteiger partial charge in [-0.15, -0.1) is 0 Å². The van der Waals surface area contributed by atoms with E-state index in [2.05, 4.69) is 15.5 Å². The summed E-state index contributed by atoms with van der Waals surface area (Å²) in [5, 5.41) is 6.76. The number of carbonyl (C=O) groups excluding carboxylic acids is 1. The van der Waals surface area contributed by atoms with Crippen molar-refractivity contribution in [2.75, 3.05) is 6.54 Å². The predicted molar refractivity (Wildman–Crippen MR) is 68.7 cm³/mol. The Morgan fingerprint density at radius 2 is 2.32 bits per heavy atom. The molecule has 2 rings (SSSR count). The van der Waals surface area contributed by atoms with Crippen LogP contribution in [0.2, 0.25) is 0 Å². The maximum absolute atomic E-state index is 12.1. The van der Waals surface area contributed by atoms with Crippen LogP contribution in [0.15, 0.2) is 15.6 Å². The zero-order chi connectivity index (χ0) is 13.8. The van der Waals surface area contributed by atoms with Crippen LogP contribution in [0.1, 0.15) is 25.5 Å².